The van der Waals surface area contributed by atoms with Crippen LogP contribution in [0.15, 0.2) is 18.2 Å². The van der Waals surface area contributed by atoms with Crippen molar-refractivity contribution >= 4 is 44.6 Å². The van der Waals surface area contributed by atoms with Gasteiger partial charge in [-0.15, -0.1) is 0 Å². The lowest BCUT2D eigenvalue weighted by atomic mass is 10.3. The van der Waals surface area contributed by atoms with Gasteiger partial charge in [-0.2, -0.15) is 0 Å². The van der Waals surface area contributed by atoms with E-state index in [1.165, 1.54) is 0 Å². The molecule has 102 valence electrons. The first kappa shape index (κ1) is 15.8. The molecule has 0 radical (unpaired) electrons. The molecular formula is C12H27N3Si3. The van der Waals surface area contributed by atoms with Gasteiger partial charge in [-0.25, -0.2) is 0 Å². The third kappa shape index (κ3) is 6.08. The van der Waals surface area contributed by atoms with E-state index >= 15 is 0 Å². The molecular weight excluding hydrogens is 270 g/mol. The Bertz CT molecular complexity index is 311. The second kappa shape index (κ2) is 7.37. The molecule has 0 saturated heterocycles. The minimum atomic E-state index is -0.246. The topological polar surface area (TPSA) is 9.72 Å². The largest absolute Gasteiger partial charge is 0.330 e. The predicted molar refractivity (Wildman–Crippen MR) is 92.0 cm³/mol. The fourth-order valence-electron chi connectivity index (χ4n) is 2.21. The quantitative estimate of drug-likeness (QED) is 0.505. The molecule has 0 aliphatic heterocycles. The lowest BCUT2D eigenvalue weighted by molar-refractivity contribution is 0.667. The third-order valence-electron chi connectivity index (χ3n) is 2.61. The van der Waals surface area contributed by atoms with Gasteiger partial charge in [0.2, 0.25) is 0 Å². The first-order valence-electron chi connectivity index (χ1n) is 6.42. The van der Waals surface area contributed by atoms with Crippen LogP contribution in [-0.4, -0.2) is 85.0 Å². The Morgan fingerprint density at radius 1 is 0.556 bits per heavy atom. The molecule has 0 atom stereocenters. The van der Waals surface area contributed by atoms with Gasteiger partial charge in [0.05, 0.1) is 0 Å². The van der Waals surface area contributed by atoms with E-state index in [9.17, 15) is 0 Å². The molecule has 0 amide bonds. The summed E-state index contributed by atoms with van der Waals surface area (Å²) < 4.78 is 7.16. The SMILES string of the molecule is CN(C)[SiH2]c1cc([SiH2]N(C)C)cc([SiH2]N(C)C)c1. The Morgan fingerprint density at radius 3 is 0.944 bits per heavy atom. The van der Waals surface area contributed by atoms with Crippen LogP contribution in [0.1, 0.15) is 0 Å². The van der Waals surface area contributed by atoms with Crippen molar-refractivity contribution in [2.24, 2.45) is 0 Å². The van der Waals surface area contributed by atoms with E-state index in [0.717, 1.165) is 0 Å². The summed E-state index contributed by atoms with van der Waals surface area (Å²) in [6, 6.07) is 7.39. The van der Waals surface area contributed by atoms with E-state index in [4.69, 9.17) is 0 Å². The predicted octanol–water partition coefficient (Wildman–Crippen LogP) is -3.50. The fraction of sp³-hybridized carbons (Fsp3) is 0.500. The minimum Gasteiger partial charge on any atom is -0.330 e. The van der Waals surface area contributed by atoms with Gasteiger partial charge < -0.3 is 13.7 Å². The van der Waals surface area contributed by atoms with Gasteiger partial charge in [0.25, 0.3) is 0 Å². The van der Waals surface area contributed by atoms with Crippen molar-refractivity contribution in [1.82, 2.24) is 13.7 Å². The minimum absolute atomic E-state index is 0.246. The van der Waals surface area contributed by atoms with E-state index < -0.39 is 0 Å². The molecule has 0 aromatic heterocycles. The van der Waals surface area contributed by atoms with E-state index in [1.807, 2.05) is 0 Å². The van der Waals surface area contributed by atoms with Crippen LogP contribution in [0.3, 0.4) is 0 Å². The van der Waals surface area contributed by atoms with Crippen molar-refractivity contribution in [3.05, 3.63) is 18.2 Å². The molecule has 0 heterocycles. The molecule has 0 saturated carbocycles. The fourth-order valence-corrected chi connectivity index (χ4v) is 7.39. The second-order valence-corrected chi connectivity index (χ2v) is 13.1. The molecule has 0 unspecified atom stereocenters. The summed E-state index contributed by atoms with van der Waals surface area (Å²) in [5.74, 6) is 0. The molecule has 6 heteroatoms. The Morgan fingerprint density at radius 2 is 0.778 bits per heavy atom. The summed E-state index contributed by atoms with van der Waals surface area (Å²) in [5, 5.41) is 4.82. The van der Waals surface area contributed by atoms with Crippen molar-refractivity contribution < 1.29 is 0 Å². The first-order chi connectivity index (χ1) is 8.36. The summed E-state index contributed by atoms with van der Waals surface area (Å²) in [7, 11) is 12.5. The molecule has 0 aliphatic rings. The van der Waals surface area contributed by atoms with Crippen LogP contribution in [-0.2, 0) is 0 Å². The second-order valence-electron chi connectivity index (χ2n) is 5.87. The van der Waals surface area contributed by atoms with Gasteiger partial charge in [0.15, 0.2) is 0 Å². The standard InChI is InChI=1S/C12H27N3Si3/c1-13(2)16-10-7-11(17-14(3)4)9-12(8-10)18-15(5)6/h7-9H,16-18H2,1-6H3. The summed E-state index contributed by atoms with van der Waals surface area (Å²) in [6.07, 6.45) is 0. The molecule has 18 heavy (non-hydrogen) atoms. The average Bonchev–Trinajstić information content (AvgIpc) is 2.12. The van der Waals surface area contributed by atoms with Crippen LogP contribution < -0.4 is 15.6 Å². The maximum atomic E-state index is 2.46. The van der Waals surface area contributed by atoms with Crippen LogP contribution in [0.4, 0.5) is 0 Å². The van der Waals surface area contributed by atoms with Gasteiger partial charge in [-0.3, -0.25) is 0 Å². The Kier molecular flexibility index (Phi) is 6.47. The highest BCUT2D eigenvalue weighted by Crippen LogP contribution is 1.83. The van der Waals surface area contributed by atoms with Crippen molar-refractivity contribution in [2.45, 2.75) is 0 Å². The molecule has 0 bridgehead atoms. The van der Waals surface area contributed by atoms with Crippen LogP contribution >= 0.6 is 0 Å². The van der Waals surface area contributed by atoms with Gasteiger partial charge in [0, 0.05) is 0 Å². The first-order valence-corrected chi connectivity index (χ1v) is 10.4. The van der Waals surface area contributed by atoms with E-state index in [2.05, 4.69) is 74.2 Å². The number of nitrogens with zero attached hydrogens (tertiary/aromatic N) is 3. The van der Waals surface area contributed by atoms with Crippen molar-refractivity contribution in [2.75, 3.05) is 42.3 Å². The molecule has 0 fully saturated rings. The summed E-state index contributed by atoms with van der Waals surface area (Å²) in [6.45, 7) is 0. The zero-order chi connectivity index (χ0) is 13.7. The van der Waals surface area contributed by atoms with Gasteiger partial charge in [0.1, 0.15) is 29.0 Å². The van der Waals surface area contributed by atoms with E-state index in [1.54, 1.807) is 15.6 Å². The normalized spacial score (nSPS) is 13.8. The van der Waals surface area contributed by atoms with Gasteiger partial charge in [-0.1, -0.05) is 33.8 Å². The molecule has 1 rings (SSSR count). The smallest absolute Gasteiger partial charge is 0.126 e. The molecule has 0 spiro atoms. The van der Waals surface area contributed by atoms with Crippen molar-refractivity contribution in [3.8, 4) is 0 Å². The van der Waals surface area contributed by atoms with Crippen LogP contribution in [0, 0.1) is 0 Å². The van der Waals surface area contributed by atoms with Gasteiger partial charge >= 0.3 is 0 Å². The Balaban J connectivity index is 2.95. The zero-order valence-electron chi connectivity index (χ0n) is 12.7. The highest BCUT2D eigenvalue weighted by Gasteiger charge is 2.06. The van der Waals surface area contributed by atoms with Crippen LogP contribution in [0.5, 0.6) is 0 Å². The van der Waals surface area contributed by atoms with Gasteiger partial charge in [-0.05, 0) is 42.3 Å². The Labute approximate surface area is 119 Å². The lowest BCUT2D eigenvalue weighted by Crippen LogP contribution is -2.41. The molecule has 0 N–H and O–H groups in total. The Hall–Kier alpha value is -0.249. The summed E-state index contributed by atoms with van der Waals surface area (Å²) in [5.41, 5.74) is 0. The molecule has 1 aromatic rings. The van der Waals surface area contributed by atoms with Crippen molar-refractivity contribution in [3.63, 3.8) is 0 Å². The number of rotatable bonds is 6. The molecule has 3 nitrogen and oxygen atoms in total. The van der Waals surface area contributed by atoms with E-state index in [0.29, 0.717) is 0 Å². The summed E-state index contributed by atoms with van der Waals surface area (Å²) in [4.78, 5) is 0. The highest BCUT2D eigenvalue weighted by molar-refractivity contribution is 6.58. The number of benzene rings is 1. The van der Waals surface area contributed by atoms with Crippen molar-refractivity contribution in [1.29, 1.82) is 0 Å². The molecule has 0 aliphatic carbocycles. The maximum absolute atomic E-state index is 2.46. The van der Waals surface area contributed by atoms with Crippen LogP contribution in [0.25, 0.3) is 0 Å². The van der Waals surface area contributed by atoms with E-state index in [-0.39, 0.29) is 29.0 Å². The lowest BCUT2D eigenvalue weighted by Gasteiger charge is -2.16. The third-order valence-corrected chi connectivity index (χ3v) is 6.83. The average molecular weight is 298 g/mol. The molecule has 1 aromatic carbocycles. The highest BCUT2D eigenvalue weighted by atomic mass is 28.2. The summed E-state index contributed by atoms with van der Waals surface area (Å²) >= 11 is 0. The maximum Gasteiger partial charge on any atom is 0.126 e. The monoisotopic (exact) mass is 297 g/mol. The number of hydrogen-bond donors (Lipinski definition) is 0. The zero-order valence-corrected chi connectivity index (χ0v) is 16.9. The number of hydrogen-bond acceptors (Lipinski definition) is 3. The van der Waals surface area contributed by atoms with Crippen LogP contribution in [0.2, 0.25) is 0 Å².